The van der Waals surface area contributed by atoms with Gasteiger partial charge in [-0.3, -0.25) is 9.59 Å². The van der Waals surface area contributed by atoms with E-state index in [1.165, 1.54) is 12.8 Å². The lowest BCUT2D eigenvalue weighted by Crippen LogP contribution is -2.46. The molecule has 1 aromatic carbocycles. The molecule has 138 valence electrons. The Morgan fingerprint density at radius 2 is 1.92 bits per heavy atom. The third-order valence-corrected chi connectivity index (χ3v) is 4.86. The molecule has 25 heavy (non-hydrogen) atoms. The third-order valence-electron chi connectivity index (χ3n) is 4.86. The molecule has 0 spiro atoms. The minimum absolute atomic E-state index is 0.0148. The maximum Gasteiger partial charge on any atom is 0.239 e. The smallest absolute Gasteiger partial charge is 0.239 e. The number of carbonyl (C=O) groups excluding carboxylic acids is 2. The second-order valence-electron chi connectivity index (χ2n) is 6.77. The standard InChI is InChI=1S/C19H29N3O3/c1-14-5-3-4-6-17(14)21-19(24)13-22(12-11-18(20)23)15-7-9-16(25-2)10-8-15/h7-10,14,17H,3-6,11-13H2,1-2H3,(H2,20,23)(H,21,24)/t14-,17-/m1/s1. The summed E-state index contributed by atoms with van der Waals surface area (Å²) in [5.74, 6) is 0.871. The number of hydrogen-bond acceptors (Lipinski definition) is 4. The molecule has 0 aromatic heterocycles. The van der Waals surface area contributed by atoms with Gasteiger partial charge in [-0.15, -0.1) is 0 Å². The molecule has 1 fully saturated rings. The zero-order valence-corrected chi connectivity index (χ0v) is 15.2. The summed E-state index contributed by atoms with van der Waals surface area (Å²) in [5, 5.41) is 3.16. The van der Waals surface area contributed by atoms with Crippen molar-refractivity contribution in [3.63, 3.8) is 0 Å². The van der Waals surface area contributed by atoms with Crippen LogP contribution in [-0.4, -0.2) is 38.1 Å². The zero-order valence-electron chi connectivity index (χ0n) is 15.2. The van der Waals surface area contributed by atoms with Crippen molar-refractivity contribution in [1.82, 2.24) is 5.32 Å². The normalized spacial score (nSPS) is 19.9. The Bertz CT molecular complexity index is 574. The fourth-order valence-corrected chi connectivity index (χ4v) is 3.29. The lowest BCUT2D eigenvalue weighted by atomic mass is 9.86. The van der Waals surface area contributed by atoms with Crippen molar-refractivity contribution >= 4 is 17.5 Å². The summed E-state index contributed by atoms with van der Waals surface area (Å²) < 4.78 is 5.17. The lowest BCUT2D eigenvalue weighted by Gasteiger charge is -2.31. The predicted molar refractivity (Wildman–Crippen MR) is 98.6 cm³/mol. The van der Waals surface area contributed by atoms with Gasteiger partial charge in [0.25, 0.3) is 0 Å². The number of methoxy groups -OCH3 is 1. The first-order valence-electron chi connectivity index (χ1n) is 8.96. The minimum atomic E-state index is -0.375. The van der Waals surface area contributed by atoms with Crippen LogP contribution in [0.2, 0.25) is 0 Å². The summed E-state index contributed by atoms with van der Waals surface area (Å²) in [6.07, 6.45) is 4.81. The molecule has 2 rings (SSSR count). The number of ether oxygens (including phenoxy) is 1. The molecule has 0 radical (unpaired) electrons. The molecule has 0 unspecified atom stereocenters. The van der Waals surface area contributed by atoms with E-state index in [-0.39, 0.29) is 30.8 Å². The van der Waals surface area contributed by atoms with Gasteiger partial charge in [0.1, 0.15) is 5.75 Å². The zero-order chi connectivity index (χ0) is 18.2. The SMILES string of the molecule is COc1ccc(N(CCC(N)=O)CC(=O)N[C@@H]2CCCC[C@H]2C)cc1. The summed E-state index contributed by atoms with van der Waals surface area (Å²) in [6.45, 7) is 2.82. The first-order chi connectivity index (χ1) is 12.0. The highest BCUT2D eigenvalue weighted by molar-refractivity contribution is 5.82. The summed E-state index contributed by atoms with van der Waals surface area (Å²) in [4.78, 5) is 25.6. The van der Waals surface area contributed by atoms with Crippen LogP contribution in [0.5, 0.6) is 5.75 Å². The first kappa shape index (κ1) is 19.1. The topological polar surface area (TPSA) is 84.7 Å². The number of rotatable bonds is 8. The molecule has 2 atom stereocenters. The Labute approximate surface area is 149 Å². The lowest BCUT2D eigenvalue weighted by molar-refractivity contribution is -0.121. The van der Waals surface area contributed by atoms with E-state index in [0.717, 1.165) is 24.3 Å². The summed E-state index contributed by atoms with van der Waals surface area (Å²) in [6, 6.07) is 7.70. The number of nitrogens with zero attached hydrogens (tertiary/aromatic N) is 1. The number of nitrogens with two attached hydrogens (primary N) is 1. The molecule has 6 nitrogen and oxygen atoms in total. The Morgan fingerprint density at radius 3 is 2.52 bits per heavy atom. The van der Waals surface area contributed by atoms with Crippen molar-refractivity contribution < 1.29 is 14.3 Å². The molecular weight excluding hydrogens is 318 g/mol. The van der Waals surface area contributed by atoms with Gasteiger partial charge in [-0.25, -0.2) is 0 Å². The van der Waals surface area contributed by atoms with Crippen molar-refractivity contribution in [3.8, 4) is 5.75 Å². The number of carbonyl (C=O) groups is 2. The van der Waals surface area contributed by atoms with Crippen molar-refractivity contribution in [2.75, 3.05) is 25.1 Å². The number of amides is 2. The average molecular weight is 347 g/mol. The number of hydrogen-bond donors (Lipinski definition) is 2. The number of primary amides is 1. The fraction of sp³-hybridized carbons (Fsp3) is 0.579. The highest BCUT2D eigenvalue weighted by Crippen LogP contribution is 2.24. The van der Waals surface area contributed by atoms with E-state index < -0.39 is 0 Å². The second-order valence-corrected chi connectivity index (χ2v) is 6.77. The molecule has 3 N–H and O–H groups in total. The van der Waals surface area contributed by atoms with Crippen molar-refractivity contribution in [1.29, 1.82) is 0 Å². The Morgan fingerprint density at radius 1 is 1.24 bits per heavy atom. The number of nitrogens with one attached hydrogen (secondary N) is 1. The van der Waals surface area contributed by atoms with Gasteiger partial charge in [0.05, 0.1) is 13.7 Å². The van der Waals surface area contributed by atoms with Crippen LogP contribution in [0.1, 0.15) is 39.0 Å². The van der Waals surface area contributed by atoms with E-state index in [1.54, 1.807) is 7.11 Å². The fourth-order valence-electron chi connectivity index (χ4n) is 3.29. The molecule has 0 heterocycles. The molecular formula is C19H29N3O3. The highest BCUT2D eigenvalue weighted by Gasteiger charge is 2.23. The van der Waals surface area contributed by atoms with Crippen molar-refractivity contribution in [2.45, 2.75) is 45.1 Å². The second kappa shape index (κ2) is 9.30. The van der Waals surface area contributed by atoms with Gasteiger partial charge >= 0.3 is 0 Å². The molecule has 1 saturated carbocycles. The largest absolute Gasteiger partial charge is 0.497 e. The van der Waals surface area contributed by atoms with Crippen LogP contribution in [0, 0.1) is 5.92 Å². The first-order valence-corrected chi connectivity index (χ1v) is 8.96. The van der Waals surface area contributed by atoms with E-state index in [1.807, 2.05) is 29.2 Å². The third kappa shape index (κ3) is 5.96. The van der Waals surface area contributed by atoms with Gasteiger partial charge < -0.3 is 20.7 Å². The molecule has 1 aliphatic rings. The van der Waals surface area contributed by atoms with Crippen LogP contribution >= 0.6 is 0 Å². The van der Waals surface area contributed by atoms with Crippen LogP contribution in [0.25, 0.3) is 0 Å². The maximum atomic E-state index is 12.5. The highest BCUT2D eigenvalue weighted by atomic mass is 16.5. The van der Waals surface area contributed by atoms with E-state index in [0.29, 0.717) is 12.5 Å². The van der Waals surface area contributed by atoms with Gasteiger partial charge in [0, 0.05) is 24.7 Å². The molecule has 0 saturated heterocycles. The van der Waals surface area contributed by atoms with Crippen molar-refractivity contribution in [3.05, 3.63) is 24.3 Å². The van der Waals surface area contributed by atoms with Crippen LogP contribution < -0.4 is 20.7 Å². The average Bonchev–Trinajstić information content (AvgIpc) is 2.60. The van der Waals surface area contributed by atoms with Gasteiger partial charge in [0.15, 0.2) is 0 Å². The molecule has 0 bridgehead atoms. The predicted octanol–water partition coefficient (Wildman–Crippen LogP) is 2.07. The van der Waals surface area contributed by atoms with E-state index in [9.17, 15) is 9.59 Å². The van der Waals surface area contributed by atoms with Gasteiger partial charge in [-0.2, -0.15) is 0 Å². The van der Waals surface area contributed by atoms with Gasteiger partial charge in [-0.1, -0.05) is 19.8 Å². The number of benzene rings is 1. The van der Waals surface area contributed by atoms with E-state index >= 15 is 0 Å². The Balaban J connectivity index is 2.00. The van der Waals surface area contributed by atoms with Crippen molar-refractivity contribution in [2.24, 2.45) is 11.7 Å². The summed E-state index contributed by atoms with van der Waals surface area (Å²) >= 11 is 0. The molecule has 1 aliphatic carbocycles. The van der Waals surface area contributed by atoms with Crippen LogP contribution in [0.3, 0.4) is 0 Å². The molecule has 2 amide bonds. The van der Waals surface area contributed by atoms with Gasteiger partial charge in [0.2, 0.25) is 11.8 Å². The number of anilines is 1. The minimum Gasteiger partial charge on any atom is -0.497 e. The molecule has 6 heteroatoms. The maximum absolute atomic E-state index is 12.5. The van der Waals surface area contributed by atoms with E-state index in [2.05, 4.69) is 12.2 Å². The molecule has 1 aromatic rings. The van der Waals surface area contributed by atoms with E-state index in [4.69, 9.17) is 10.5 Å². The summed E-state index contributed by atoms with van der Waals surface area (Å²) in [7, 11) is 1.61. The monoisotopic (exact) mass is 347 g/mol. The quantitative estimate of drug-likeness (QED) is 0.754. The summed E-state index contributed by atoms with van der Waals surface area (Å²) in [5.41, 5.74) is 6.15. The van der Waals surface area contributed by atoms with Crippen LogP contribution in [0.4, 0.5) is 5.69 Å². The van der Waals surface area contributed by atoms with Crippen LogP contribution in [-0.2, 0) is 9.59 Å². The Kier molecular flexibility index (Phi) is 7.10. The molecule has 0 aliphatic heterocycles. The van der Waals surface area contributed by atoms with Crippen LogP contribution in [0.15, 0.2) is 24.3 Å². The van der Waals surface area contributed by atoms with Gasteiger partial charge in [-0.05, 0) is 43.0 Å². The Hall–Kier alpha value is -2.24.